The lowest BCUT2D eigenvalue weighted by Crippen LogP contribution is -2.25. The lowest BCUT2D eigenvalue weighted by Gasteiger charge is -2.17. The zero-order chi connectivity index (χ0) is 18.7. The first kappa shape index (κ1) is 18.3. The Labute approximate surface area is 157 Å². The van der Waals surface area contributed by atoms with Crippen molar-refractivity contribution in [3.8, 4) is 0 Å². The lowest BCUT2D eigenvalue weighted by atomic mass is 9.94. The van der Waals surface area contributed by atoms with Gasteiger partial charge in [-0.05, 0) is 42.5 Å². The van der Waals surface area contributed by atoms with Gasteiger partial charge < -0.3 is 5.32 Å². The van der Waals surface area contributed by atoms with Gasteiger partial charge in [0.2, 0.25) is 5.78 Å². The maximum absolute atomic E-state index is 12.5. The van der Waals surface area contributed by atoms with Gasteiger partial charge >= 0.3 is 0 Å². The average Bonchev–Trinajstić information content (AvgIpc) is 3.04. The Hall–Kier alpha value is -2.53. The minimum atomic E-state index is -0.580. The molecule has 0 saturated carbocycles. The number of nitrogens with one attached hydrogen (secondary N) is 1. The molecule has 0 bridgehead atoms. The van der Waals surface area contributed by atoms with Crippen molar-refractivity contribution in [1.29, 1.82) is 0 Å². The van der Waals surface area contributed by atoms with Crippen LogP contribution in [0.25, 0.3) is 10.2 Å². The van der Waals surface area contributed by atoms with Crippen LogP contribution in [0.3, 0.4) is 0 Å². The number of amides is 1. The maximum atomic E-state index is 12.5. The number of aryl methyl sites for hydroxylation is 1. The summed E-state index contributed by atoms with van der Waals surface area (Å²) in [4.78, 5) is 29.3. The maximum Gasteiger partial charge on any atom is 0.292 e. The molecule has 4 nitrogen and oxygen atoms in total. The van der Waals surface area contributed by atoms with E-state index in [1.165, 1.54) is 11.3 Å². The number of nitrogens with zero attached hydrogens (tertiary/aromatic N) is 1. The molecule has 3 rings (SSSR count). The Bertz CT molecular complexity index is 929. The Morgan fingerprint density at radius 2 is 1.92 bits per heavy atom. The van der Waals surface area contributed by atoms with Gasteiger partial charge in [0, 0.05) is 5.69 Å². The SMILES string of the molecule is CC[C@H](C)c1cccc(C)c1NC(=O)C(=O)Cc1nc2ccccc2s1. The molecule has 3 aromatic rings. The Morgan fingerprint density at radius 1 is 1.15 bits per heavy atom. The van der Waals surface area contributed by atoms with E-state index in [-0.39, 0.29) is 6.42 Å². The molecule has 1 atom stereocenters. The number of benzene rings is 2. The number of carbonyl (C=O) groups is 2. The molecule has 0 aliphatic carbocycles. The van der Waals surface area contributed by atoms with Gasteiger partial charge in [0.15, 0.2) is 0 Å². The summed E-state index contributed by atoms with van der Waals surface area (Å²) in [5.41, 5.74) is 3.64. The number of ketones is 1. The highest BCUT2D eigenvalue weighted by molar-refractivity contribution is 7.18. The molecule has 0 unspecified atom stereocenters. The standard InChI is InChI=1S/C21H22N2O2S/c1-4-13(2)15-9-7-8-14(3)20(15)23-21(25)17(24)12-19-22-16-10-5-6-11-18(16)26-19/h5-11,13H,4,12H2,1-3H3,(H,23,25)/t13-/m0/s1. The summed E-state index contributed by atoms with van der Waals surface area (Å²) in [7, 11) is 0. The van der Waals surface area contributed by atoms with Gasteiger partial charge in [0.25, 0.3) is 5.91 Å². The Balaban J connectivity index is 1.76. The molecule has 2 aromatic carbocycles. The van der Waals surface area contributed by atoms with E-state index >= 15 is 0 Å². The van der Waals surface area contributed by atoms with Crippen LogP contribution in [0.5, 0.6) is 0 Å². The van der Waals surface area contributed by atoms with Crippen LogP contribution in [0, 0.1) is 6.92 Å². The highest BCUT2D eigenvalue weighted by Crippen LogP contribution is 2.29. The topological polar surface area (TPSA) is 59.1 Å². The molecule has 1 amide bonds. The lowest BCUT2D eigenvalue weighted by molar-refractivity contribution is -0.134. The van der Waals surface area contributed by atoms with Crippen LogP contribution in [-0.2, 0) is 16.0 Å². The quantitative estimate of drug-likeness (QED) is 0.633. The van der Waals surface area contributed by atoms with Crippen molar-refractivity contribution in [3.63, 3.8) is 0 Å². The fourth-order valence-electron chi connectivity index (χ4n) is 2.89. The summed E-state index contributed by atoms with van der Waals surface area (Å²) < 4.78 is 1.02. The largest absolute Gasteiger partial charge is 0.319 e. The van der Waals surface area contributed by atoms with Crippen LogP contribution >= 0.6 is 11.3 Å². The number of aromatic nitrogens is 1. The average molecular weight is 366 g/mol. The Morgan fingerprint density at radius 3 is 2.65 bits per heavy atom. The van der Waals surface area contributed by atoms with Gasteiger partial charge in [0.05, 0.1) is 16.6 Å². The van der Waals surface area contributed by atoms with E-state index in [9.17, 15) is 9.59 Å². The third-order valence-electron chi connectivity index (χ3n) is 4.59. The van der Waals surface area contributed by atoms with Crippen LogP contribution in [0.4, 0.5) is 5.69 Å². The number of rotatable bonds is 6. The highest BCUT2D eigenvalue weighted by Gasteiger charge is 2.20. The molecule has 1 heterocycles. The molecule has 0 aliphatic rings. The minimum absolute atomic E-state index is 0.0235. The fraction of sp³-hybridized carbons (Fsp3) is 0.286. The second kappa shape index (κ2) is 7.79. The number of hydrogen-bond acceptors (Lipinski definition) is 4. The van der Waals surface area contributed by atoms with Crippen LogP contribution < -0.4 is 5.32 Å². The number of thiazole rings is 1. The predicted octanol–water partition coefficient (Wildman–Crippen LogP) is 4.87. The van der Waals surface area contributed by atoms with Crippen molar-refractivity contribution in [3.05, 3.63) is 58.6 Å². The summed E-state index contributed by atoms with van der Waals surface area (Å²) >= 11 is 1.45. The monoisotopic (exact) mass is 366 g/mol. The second-order valence-electron chi connectivity index (χ2n) is 6.48. The Kier molecular flexibility index (Phi) is 5.47. The second-order valence-corrected chi connectivity index (χ2v) is 7.59. The normalized spacial score (nSPS) is 12.1. The minimum Gasteiger partial charge on any atom is -0.319 e. The van der Waals surface area contributed by atoms with E-state index in [4.69, 9.17) is 0 Å². The molecule has 0 radical (unpaired) electrons. The van der Waals surface area contributed by atoms with E-state index in [0.29, 0.717) is 10.9 Å². The van der Waals surface area contributed by atoms with Crippen molar-refractivity contribution in [2.45, 2.75) is 39.5 Å². The number of fused-ring (bicyclic) bond motifs is 1. The van der Waals surface area contributed by atoms with Crippen LogP contribution in [-0.4, -0.2) is 16.7 Å². The van der Waals surface area contributed by atoms with E-state index in [2.05, 4.69) is 24.1 Å². The molecular formula is C21H22N2O2S. The first-order chi connectivity index (χ1) is 12.5. The molecule has 1 N–H and O–H groups in total. The summed E-state index contributed by atoms with van der Waals surface area (Å²) in [5, 5.41) is 3.50. The molecule has 0 aliphatic heterocycles. The predicted molar refractivity (Wildman–Crippen MR) is 107 cm³/mol. The molecule has 134 valence electrons. The van der Waals surface area contributed by atoms with Crippen molar-refractivity contribution < 1.29 is 9.59 Å². The first-order valence-corrected chi connectivity index (χ1v) is 9.59. The number of para-hydroxylation sites is 2. The summed E-state index contributed by atoms with van der Waals surface area (Å²) in [6.45, 7) is 6.17. The van der Waals surface area contributed by atoms with Crippen LogP contribution in [0.2, 0.25) is 0 Å². The molecule has 0 saturated heterocycles. The first-order valence-electron chi connectivity index (χ1n) is 8.77. The molecule has 0 spiro atoms. The van der Waals surface area contributed by atoms with Gasteiger partial charge in [-0.1, -0.05) is 44.2 Å². The number of hydrogen-bond donors (Lipinski definition) is 1. The number of Topliss-reactive ketones (excluding diaryl/α,β-unsaturated/α-hetero) is 1. The zero-order valence-electron chi connectivity index (χ0n) is 15.2. The van der Waals surface area contributed by atoms with Crippen LogP contribution in [0.15, 0.2) is 42.5 Å². The smallest absolute Gasteiger partial charge is 0.292 e. The van der Waals surface area contributed by atoms with Gasteiger partial charge in [-0.15, -0.1) is 11.3 Å². The molecule has 1 aromatic heterocycles. The van der Waals surface area contributed by atoms with E-state index in [1.54, 1.807) is 0 Å². The van der Waals surface area contributed by atoms with Crippen molar-refractivity contribution in [2.75, 3.05) is 5.32 Å². The van der Waals surface area contributed by atoms with Gasteiger partial charge in [-0.2, -0.15) is 0 Å². The molecular weight excluding hydrogens is 344 g/mol. The zero-order valence-corrected chi connectivity index (χ0v) is 16.0. The highest BCUT2D eigenvalue weighted by atomic mass is 32.1. The van der Waals surface area contributed by atoms with Crippen molar-refractivity contribution >= 4 is 38.9 Å². The van der Waals surface area contributed by atoms with Gasteiger partial charge in [-0.25, -0.2) is 4.98 Å². The van der Waals surface area contributed by atoms with E-state index < -0.39 is 11.7 Å². The third-order valence-corrected chi connectivity index (χ3v) is 5.63. The van der Waals surface area contributed by atoms with Crippen molar-refractivity contribution in [1.82, 2.24) is 4.98 Å². The fourth-order valence-corrected chi connectivity index (χ4v) is 3.85. The van der Waals surface area contributed by atoms with E-state index in [1.807, 2.05) is 49.4 Å². The van der Waals surface area contributed by atoms with Gasteiger partial charge in [-0.3, -0.25) is 9.59 Å². The van der Waals surface area contributed by atoms with Gasteiger partial charge in [0.1, 0.15) is 5.01 Å². The number of carbonyl (C=O) groups excluding carboxylic acids is 2. The molecule has 5 heteroatoms. The van der Waals surface area contributed by atoms with Crippen LogP contribution in [0.1, 0.15) is 42.3 Å². The summed E-state index contributed by atoms with van der Waals surface area (Å²) in [6, 6.07) is 13.7. The summed E-state index contributed by atoms with van der Waals surface area (Å²) in [5.74, 6) is -0.741. The summed E-state index contributed by atoms with van der Waals surface area (Å²) in [6.07, 6.45) is 0.988. The molecule has 0 fully saturated rings. The van der Waals surface area contributed by atoms with Crippen molar-refractivity contribution in [2.24, 2.45) is 0 Å². The van der Waals surface area contributed by atoms with E-state index in [0.717, 1.165) is 33.5 Å². The number of anilines is 1. The third kappa shape index (κ3) is 3.83. The molecule has 26 heavy (non-hydrogen) atoms.